The minimum atomic E-state index is 0. The van der Waals surface area contributed by atoms with Crippen LogP contribution in [0.25, 0.3) is 0 Å². The quantitative estimate of drug-likeness (QED) is 0.238. The summed E-state index contributed by atoms with van der Waals surface area (Å²) in [5.41, 5.74) is 2.59. The molecule has 0 saturated heterocycles. The maximum absolute atomic E-state index is 10.9. The molecule has 0 radical (unpaired) electrons. The van der Waals surface area contributed by atoms with Gasteiger partial charge in [-0.25, -0.2) is 0 Å². The molecule has 0 bridgehead atoms. The standard InChI is InChI=1S/2C14H22O.Mg/c2*1-2-3-4-5-6-7-8-13-9-11-14(15)12-10-13;/h2*9-12,15H,2-8H2,1H3;/q;;+2/p-2. The summed E-state index contributed by atoms with van der Waals surface area (Å²) in [6.07, 6.45) is 18.2. The van der Waals surface area contributed by atoms with Gasteiger partial charge in [-0.3, -0.25) is 0 Å². The molecule has 2 nitrogen and oxygen atoms in total. The molecule has 0 aliphatic rings. The van der Waals surface area contributed by atoms with Crippen LogP contribution in [0.5, 0.6) is 11.5 Å². The average Bonchev–Trinajstić information content (AvgIpc) is 2.76. The number of hydrogen-bond donors (Lipinski definition) is 0. The third kappa shape index (κ3) is 17.1. The van der Waals surface area contributed by atoms with Crippen LogP contribution in [0, 0.1) is 0 Å². The van der Waals surface area contributed by atoms with Crippen molar-refractivity contribution in [2.75, 3.05) is 0 Å². The number of unbranched alkanes of at least 4 members (excludes halogenated alkanes) is 10. The van der Waals surface area contributed by atoms with Crippen molar-refractivity contribution in [3.05, 3.63) is 59.7 Å². The van der Waals surface area contributed by atoms with Crippen LogP contribution in [-0.2, 0) is 12.8 Å². The molecule has 0 amide bonds. The van der Waals surface area contributed by atoms with Gasteiger partial charge in [-0.2, -0.15) is 0 Å². The fourth-order valence-electron chi connectivity index (χ4n) is 3.53. The van der Waals surface area contributed by atoms with E-state index in [9.17, 15) is 10.2 Å². The van der Waals surface area contributed by atoms with E-state index in [2.05, 4.69) is 13.8 Å². The maximum Gasteiger partial charge on any atom is 2.00 e. The van der Waals surface area contributed by atoms with Crippen LogP contribution < -0.4 is 10.2 Å². The van der Waals surface area contributed by atoms with Crippen molar-refractivity contribution < 1.29 is 10.2 Å². The molecule has 0 aliphatic carbocycles. The predicted molar refractivity (Wildman–Crippen MR) is 132 cm³/mol. The van der Waals surface area contributed by atoms with Gasteiger partial charge >= 0.3 is 23.1 Å². The molecule has 2 aromatic rings. The van der Waals surface area contributed by atoms with Gasteiger partial charge in [-0.15, -0.1) is 11.5 Å². The molecular weight excluding hydrogens is 393 g/mol. The first-order valence-corrected chi connectivity index (χ1v) is 12.2. The van der Waals surface area contributed by atoms with E-state index in [1.165, 1.54) is 88.2 Å². The van der Waals surface area contributed by atoms with Gasteiger partial charge in [0.15, 0.2) is 0 Å². The summed E-state index contributed by atoms with van der Waals surface area (Å²) in [5.74, 6) is 0.225. The van der Waals surface area contributed by atoms with Crippen molar-refractivity contribution in [1.29, 1.82) is 0 Å². The maximum atomic E-state index is 10.9. The monoisotopic (exact) mass is 434 g/mol. The Balaban J connectivity index is 0.000000562. The van der Waals surface area contributed by atoms with Crippen molar-refractivity contribution in [2.24, 2.45) is 0 Å². The summed E-state index contributed by atoms with van der Waals surface area (Å²) < 4.78 is 0. The average molecular weight is 435 g/mol. The van der Waals surface area contributed by atoms with Gasteiger partial charge in [0.2, 0.25) is 0 Å². The van der Waals surface area contributed by atoms with Gasteiger partial charge in [0, 0.05) is 0 Å². The van der Waals surface area contributed by atoms with Gasteiger partial charge in [0.05, 0.1) is 0 Å². The Hall–Kier alpha value is -1.19. The smallest absolute Gasteiger partial charge is 0.872 e. The van der Waals surface area contributed by atoms with E-state index in [4.69, 9.17) is 0 Å². The first kappa shape index (κ1) is 29.8. The van der Waals surface area contributed by atoms with E-state index < -0.39 is 0 Å². The summed E-state index contributed by atoms with van der Waals surface area (Å²) in [7, 11) is 0. The van der Waals surface area contributed by atoms with Gasteiger partial charge in [-0.05, 0) is 36.8 Å². The number of hydrogen-bond acceptors (Lipinski definition) is 2. The van der Waals surface area contributed by atoms with Crippen molar-refractivity contribution in [1.82, 2.24) is 0 Å². The normalized spacial score (nSPS) is 10.1. The van der Waals surface area contributed by atoms with E-state index in [1.54, 1.807) is 24.3 Å². The van der Waals surface area contributed by atoms with E-state index >= 15 is 0 Å². The summed E-state index contributed by atoms with van der Waals surface area (Å²) in [4.78, 5) is 0. The minimum absolute atomic E-state index is 0. The Morgan fingerprint density at radius 2 is 0.742 bits per heavy atom. The van der Waals surface area contributed by atoms with Crippen LogP contribution in [0.3, 0.4) is 0 Å². The molecular formula is C28H42MgO2. The fourth-order valence-corrected chi connectivity index (χ4v) is 3.53. The molecule has 0 fully saturated rings. The zero-order valence-corrected chi connectivity index (χ0v) is 21.5. The molecule has 0 unspecified atom stereocenters. The molecule has 0 aromatic heterocycles. The Morgan fingerprint density at radius 3 is 1.06 bits per heavy atom. The molecule has 0 saturated carbocycles. The molecule has 0 N–H and O–H groups in total. The molecule has 2 aromatic carbocycles. The molecule has 0 spiro atoms. The second-order valence-corrected chi connectivity index (χ2v) is 8.32. The first-order valence-electron chi connectivity index (χ1n) is 12.2. The van der Waals surface area contributed by atoms with E-state index in [0.29, 0.717) is 0 Å². The predicted octanol–water partition coefficient (Wildman–Crippen LogP) is 6.95. The second-order valence-electron chi connectivity index (χ2n) is 8.32. The molecule has 168 valence electrons. The third-order valence-corrected chi connectivity index (χ3v) is 5.48. The summed E-state index contributed by atoms with van der Waals surface area (Å²) in [5, 5.41) is 21.7. The Bertz CT molecular complexity index is 565. The Morgan fingerprint density at radius 1 is 0.452 bits per heavy atom. The largest absolute Gasteiger partial charge is 2.00 e. The van der Waals surface area contributed by atoms with Crippen LogP contribution in [-0.4, -0.2) is 23.1 Å². The Kier molecular flexibility index (Phi) is 19.9. The second kappa shape index (κ2) is 20.7. The van der Waals surface area contributed by atoms with Crippen LogP contribution >= 0.6 is 0 Å². The van der Waals surface area contributed by atoms with Gasteiger partial charge in [-0.1, -0.05) is 127 Å². The molecule has 0 aliphatic heterocycles. The van der Waals surface area contributed by atoms with Crippen LogP contribution in [0.15, 0.2) is 48.5 Å². The zero-order chi connectivity index (χ0) is 21.9. The number of rotatable bonds is 14. The molecule has 0 heterocycles. The van der Waals surface area contributed by atoms with Crippen molar-refractivity contribution in [2.45, 2.75) is 104 Å². The van der Waals surface area contributed by atoms with E-state index in [0.717, 1.165) is 12.8 Å². The van der Waals surface area contributed by atoms with Crippen molar-refractivity contribution in [3.63, 3.8) is 0 Å². The van der Waals surface area contributed by atoms with E-state index in [1.807, 2.05) is 24.3 Å². The van der Waals surface area contributed by atoms with Gasteiger partial charge in [0.25, 0.3) is 0 Å². The SMILES string of the molecule is CCCCCCCCc1ccc([O-])cc1.CCCCCCCCc1ccc([O-])cc1.[Mg+2]. The minimum Gasteiger partial charge on any atom is -0.872 e. The fraction of sp³-hybridized carbons (Fsp3) is 0.571. The topological polar surface area (TPSA) is 46.1 Å². The number of benzene rings is 2. The van der Waals surface area contributed by atoms with Crippen molar-refractivity contribution >= 4 is 23.1 Å². The third-order valence-electron chi connectivity index (χ3n) is 5.48. The van der Waals surface area contributed by atoms with Crippen LogP contribution in [0.1, 0.15) is 102 Å². The molecule has 3 heteroatoms. The summed E-state index contributed by atoms with van der Waals surface area (Å²) >= 11 is 0. The molecule has 2 rings (SSSR count). The Labute approximate surface area is 207 Å². The summed E-state index contributed by atoms with van der Waals surface area (Å²) in [6, 6.07) is 14.4. The summed E-state index contributed by atoms with van der Waals surface area (Å²) in [6.45, 7) is 4.48. The van der Waals surface area contributed by atoms with Gasteiger partial charge < -0.3 is 10.2 Å². The van der Waals surface area contributed by atoms with Crippen LogP contribution in [0.2, 0.25) is 0 Å². The number of aryl methyl sites for hydroxylation is 2. The zero-order valence-electron chi connectivity index (χ0n) is 20.0. The molecule has 0 atom stereocenters. The van der Waals surface area contributed by atoms with Crippen LogP contribution in [0.4, 0.5) is 0 Å². The molecule has 31 heavy (non-hydrogen) atoms. The van der Waals surface area contributed by atoms with Crippen molar-refractivity contribution in [3.8, 4) is 11.5 Å². The first-order chi connectivity index (χ1) is 14.7. The van der Waals surface area contributed by atoms with Gasteiger partial charge in [0.1, 0.15) is 0 Å². The van der Waals surface area contributed by atoms with E-state index in [-0.39, 0.29) is 34.6 Å².